The number of benzene rings is 1. The molecular weight excluding hydrogens is 252 g/mol. The molecule has 0 saturated carbocycles. The van der Waals surface area contributed by atoms with E-state index < -0.39 is 0 Å². The zero-order chi connectivity index (χ0) is 13.1. The molecular formula is C16H18N2S. The number of aromatic nitrogens is 1. The molecule has 0 unspecified atom stereocenters. The third kappa shape index (κ3) is 2.57. The maximum absolute atomic E-state index is 3.55. The molecule has 0 aliphatic carbocycles. The number of aryl methyl sites for hydroxylation is 1. The SMILES string of the molecule is CCc1ccsc1CNCc1cccc2cc[nH]c12. The molecule has 3 aromatic rings. The van der Waals surface area contributed by atoms with Gasteiger partial charge in [-0.25, -0.2) is 0 Å². The van der Waals surface area contributed by atoms with Gasteiger partial charge in [-0.2, -0.15) is 0 Å². The minimum atomic E-state index is 0.902. The molecule has 0 aliphatic rings. The number of thiophene rings is 1. The van der Waals surface area contributed by atoms with Gasteiger partial charge < -0.3 is 10.3 Å². The van der Waals surface area contributed by atoms with Crippen LogP contribution in [0.3, 0.4) is 0 Å². The Morgan fingerprint density at radius 3 is 2.95 bits per heavy atom. The van der Waals surface area contributed by atoms with Crippen molar-refractivity contribution in [2.45, 2.75) is 26.4 Å². The van der Waals surface area contributed by atoms with Crippen LogP contribution in [0.15, 0.2) is 41.9 Å². The highest BCUT2D eigenvalue weighted by molar-refractivity contribution is 7.10. The molecule has 1 aromatic carbocycles. The maximum Gasteiger partial charge on any atom is 0.0499 e. The lowest BCUT2D eigenvalue weighted by molar-refractivity contribution is 0.699. The molecule has 0 aliphatic heterocycles. The van der Waals surface area contributed by atoms with Crippen molar-refractivity contribution in [2.75, 3.05) is 0 Å². The molecule has 0 atom stereocenters. The first kappa shape index (κ1) is 12.5. The average molecular weight is 270 g/mol. The van der Waals surface area contributed by atoms with Crippen molar-refractivity contribution in [2.24, 2.45) is 0 Å². The fourth-order valence-electron chi connectivity index (χ4n) is 2.44. The van der Waals surface area contributed by atoms with Crippen LogP contribution in [0.5, 0.6) is 0 Å². The Labute approximate surface area is 117 Å². The zero-order valence-corrected chi connectivity index (χ0v) is 11.9. The normalized spacial score (nSPS) is 11.2. The predicted molar refractivity (Wildman–Crippen MR) is 82.5 cm³/mol. The third-order valence-corrected chi connectivity index (χ3v) is 4.46. The second-order valence-corrected chi connectivity index (χ2v) is 5.69. The topological polar surface area (TPSA) is 27.8 Å². The molecule has 0 radical (unpaired) electrons. The number of hydrogen-bond donors (Lipinski definition) is 2. The summed E-state index contributed by atoms with van der Waals surface area (Å²) in [6, 6.07) is 10.8. The monoisotopic (exact) mass is 270 g/mol. The molecule has 3 heteroatoms. The van der Waals surface area contributed by atoms with Crippen molar-refractivity contribution in [1.82, 2.24) is 10.3 Å². The molecule has 98 valence electrons. The minimum Gasteiger partial charge on any atom is -0.361 e. The van der Waals surface area contributed by atoms with Crippen LogP contribution in [0.1, 0.15) is 22.9 Å². The van der Waals surface area contributed by atoms with E-state index in [1.165, 1.54) is 26.9 Å². The van der Waals surface area contributed by atoms with Gasteiger partial charge in [0, 0.05) is 29.7 Å². The number of H-pyrrole nitrogens is 1. The molecule has 2 nitrogen and oxygen atoms in total. The summed E-state index contributed by atoms with van der Waals surface area (Å²) < 4.78 is 0. The van der Waals surface area contributed by atoms with Gasteiger partial charge in [-0.1, -0.05) is 25.1 Å². The van der Waals surface area contributed by atoms with Crippen LogP contribution < -0.4 is 5.32 Å². The third-order valence-electron chi connectivity index (χ3n) is 3.49. The van der Waals surface area contributed by atoms with Crippen molar-refractivity contribution in [3.63, 3.8) is 0 Å². The summed E-state index contributed by atoms with van der Waals surface area (Å²) >= 11 is 1.84. The van der Waals surface area contributed by atoms with Crippen LogP contribution in [0.25, 0.3) is 10.9 Å². The summed E-state index contributed by atoms with van der Waals surface area (Å²) in [5.74, 6) is 0. The molecule has 0 amide bonds. The fourth-order valence-corrected chi connectivity index (χ4v) is 3.39. The van der Waals surface area contributed by atoms with Crippen molar-refractivity contribution >= 4 is 22.2 Å². The summed E-state index contributed by atoms with van der Waals surface area (Å²) in [6.45, 7) is 4.07. The summed E-state index contributed by atoms with van der Waals surface area (Å²) in [5, 5.41) is 7.02. The first-order valence-electron chi connectivity index (χ1n) is 6.69. The first-order chi connectivity index (χ1) is 9.38. The quantitative estimate of drug-likeness (QED) is 0.718. The lowest BCUT2D eigenvalue weighted by atomic mass is 10.1. The van der Waals surface area contributed by atoms with E-state index in [4.69, 9.17) is 0 Å². The van der Waals surface area contributed by atoms with Gasteiger partial charge in [0.2, 0.25) is 0 Å². The van der Waals surface area contributed by atoms with Crippen molar-refractivity contribution in [1.29, 1.82) is 0 Å². The summed E-state index contributed by atoms with van der Waals surface area (Å²) in [6.07, 6.45) is 3.12. The van der Waals surface area contributed by atoms with Gasteiger partial charge in [0.1, 0.15) is 0 Å². The van der Waals surface area contributed by atoms with Crippen LogP contribution in [0, 0.1) is 0 Å². The maximum atomic E-state index is 3.55. The smallest absolute Gasteiger partial charge is 0.0499 e. The summed E-state index contributed by atoms with van der Waals surface area (Å²) in [4.78, 5) is 4.78. The zero-order valence-electron chi connectivity index (χ0n) is 11.1. The van der Waals surface area contributed by atoms with Crippen molar-refractivity contribution in [3.8, 4) is 0 Å². The minimum absolute atomic E-state index is 0.902. The van der Waals surface area contributed by atoms with E-state index in [-0.39, 0.29) is 0 Å². The van der Waals surface area contributed by atoms with E-state index in [1.54, 1.807) is 0 Å². The number of para-hydroxylation sites is 1. The second kappa shape index (κ2) is 5.59. The Bertz CT molecular complexity index is 666. The molecule has 0 bridgehead atoms. The Balaban J connectivity index is 1.68. The van der Waals surface area contributed by atoms with Gasteiger partial charge in [0.15, 0.2) is 0 Å². The Morgan fingerprint density at radius 1 is 1.11 bits per heavy atom. The average Bonchev–Trinajstić information content (AvgIpc) is 3.07. The molecule has 19 heavy (non-hydrogen) atoms. The standard InChI is InChI=1S/C16H18N2S/c1-2-12-7-9-19-15(12)11-17-10-14-5-3-4-13-6-8-18-16(13)14/h3-9,17-18H,2,10-11H2,1H3. The van der Waals surface area contributed by atoms with Gasteiger partial charge >= 0.3 is 0 Å². The lowest BCUT2D eigenvalue weighted by Crippen LogP contribution is -2.13. The van der Waals surface area contributed by atoms with E-state index in [2.05, 4.69) is 52.9 Å². The fraction of sp³-hybridized carbons (Fsp3) is 0.250. The van der Waals surface area contributed by atoms with Gasteiger partial charge in [0.25, 0.3) is 0 Å². The summed E-state index contributed by atoms with van der Waals surface area (Å²) in [7, 11) is 0. The lowest BCUT2D eigenvalue weighted by Gasteiger charge is -2.06. The Hall–Kier alpha value is -1.58. The molecule has 2 N–H and O–H groups in total. The first-order valence-corrected chi connectivity index (χ1v) is 7.57. The van der Waals surface area contributed by atoms with Crippen LogP contribution in [0.4, 0.5) is 0 Å². The highest BCUT2D eigenvalue weighted by atomic mass is 32.1. The molecule has 2 heterocycles. The van der Waals surface area contributed by atoms with Crippen LogP contribution >= 0.6 is 11.3 Å². The predicted octanol–water partition coefficient (Wildman–Crippen LogP) is 4.08. The molecule has 0 saturated heterocycles. The van der Waals surface area contributed by atoms with Gasteiger partial charge in [-0.3, -0.25) is 0 Å². The molecule has 0 fully saturated rings. The van der Waals surface area contributed by atoms with Crippen molar-refractivity contribution in [3.05, 3.63) is 57.9 Å². The number of rotatable bonds is 5. The van der Waals surface area contributed by atoms with E-state index in [0.29, 0.717) is 0 Å². The number of fused-ring (bicyclic) bond motifs is 1. The van der Waals surface area contributed by atoms with Crippen LogP contribution in [0.2, 0.25) is 0 Å². The van der Waals surface area contributed by atoms with E-state index in [0.717, 1.165) is 19.5 Å². The van der Waals surface area contributed by atoms with Crippen LogP contribution in [-0.4, -0.2) is 4.98 Å². The highest BCUT2D eigenvalue weighted by Crippen LogP contribution is 2.19. The van der Waals surface area contributed by atoms with E-state index >= 15 is 0 Å². The van der Waals surface area contributed by atoms with Gasteiger partial charge in [-0.15, -0.1) is 11.3 Å². The molecule has 3 rings (SSSR count). The van der Waals surface area contributed by atoms with Gasteiger partial charge in [-0.05, 0) is 40.4 Å². The Morgan fingerprint density at radius 2 is 2.05 bits per heavy atom. The number of hydrogen-bond acceptors (Lipinski definition) is 2. The van der Waals surface area contributed by atoms with E-state index in [1.807, 2.05) is 17.5 Å². The number of nitrogens with one attached hydrogen (secondary N) is 2. The van der Waals surface area contributed by atoms with Gasteiger partial charge in [0.05, 0.1) is 0 Å². The summed E-state index contributed by atoms with van der Waals surface area (Å²) in [5.41, 5.74) is 4.05. The second-order valence-electron chi connectivity index (χ2n) is 4.69. The largest absolute Gasteiger partial charge is 0.361 e. The molecule has 2 aromatic heterocycles. The van der Waals surface area contributed by atoms with Crippen LogP contribution in [-0.2, 0) is 19.5 Å². The van der Waals surface area contributed by atoms with Crippen molar-refractivity contribution < 1.29 is 0 Å². The Kier molecular flexibility index (Phi) is 3.67. The van der Waals surface area contributed by atoms with E-state index in [9.17, 15) is 0 Å². The number of aromatic amines is 1. The highest BCUT2D eigenvalue weighted by Gasteiger charge is 2.04. The molecule has 0 spiro atoms.